The number of hydrogen-bond acceptors (Lipinski definition) is 3. The summed E-state index contributed by atoms with van der Waals surface area (Å²) in [6.45, 7) is 0.585. The van der Waals surface area contributed by atoms with Crippen LogP contribution in [0.1, 0.15) is 5.76 Å². The molecule has 2 N–H and O–H groups in total. The van der Waals surface area contributed by atoms with Crippen LogP contribution in [0.2, 0.25) is 0 Å². The van der Waals surface area contributed by atoms with Gasteiger partial charge in [-0.25, -0.2) is 0 Å². The third kappa shape index (κ3) is 3.78. The quantitative estimate of drug-likeness (QED) is 0.661. The Kier molecular flexibility index (Phi) is 4.66. The lowest BCUT2D eigenvalue weighted by atomic mass is 10.3. The second-order valence-corrected chi connectivity index (χ2v) is 4.90. The molecule has 0 fully saturated rings. The number of nitrogens with one attached hydrogen (secondary N) is 2. The predicted octanol–water partition coefficient (Wildman–Crippen LogP) is 3.49. The van der Waals surface area contributed by atoms with Crippen LogP contribution in [0, 0.1) is 0 Å². The maximum absolute atomic E-state index is 5.21. The van der Waals surface area contributed by atoms with Gasteiger partial charge in [-0.05, 0) is 54.9 Å². The van der Waals surface area contributed by atoms with Gasteiger partial charge in [-0.2, -0.15) is 0 Å². The van der Waals surface area contributed by atoms with Crippen LogP contribution in [-0.4, -0.2) is 11.4 Å². The molecule has 5 heteroatoms. The number of hydrogen-bond donors (Lipinski definition) is 2. The maximum atomic E-state index is 5.21. The Hall–Kier alpha value is -1.46. The number of thiocarbonyl (C=S) groups is 1. The Bertz CT molecular complexity index is 494. The number of anilines is 1. The molecule has 0 saturated carbocycles. The monoisotopic (exact) mass is 278 g/mol. The first-order valence-electron chi connectivity index (χ1n) is 5.49. The average molecular weight is 278 g/mol. The minimum atomic E-state index is 0.585. The molecule has 2 aromatic rings. The van der Waals surface area contributed by atoms with Crippen molar-refractivity contribution in [3.05, 3.63) is 48.4 Å². The van der Waals surface area contributed by atoms with Gasteiger partial charge in [-0.3, -0.25) is 0 Å². The second kappa shape index (κ2) is 6.47. The fraction of sp³-hybridized carbons (Fsp3) is 0.154. The normalized spacial score (nSPS) is 10.1. The van der Waals surface area contributed by atoms with Crippen molar-refractivity contribution in [3.63, 3.8) is 0 Å². The summed E-state index contributed by atoms with van der Waals surface area (Å²) >= 11 is 6.92. The molecule has 0 bridgehead atoms. The number of rotatable bonds is 4. The van der Waals surface area contributed by atoms with E-state index in [0.29, 0.717) is 11.7 Å². The summed E-state index contributed by atoms with van der Waals surface area (Å²) in [4.78, 5) is 1.23. The Morgan fingerprint density at radius 1 is 1.28 bits per heavy atom. The van der Waals surface area contributed by atoms with Gasteiger partial charge in [0.25, 0.3) is 0 Å². The molecule has 0 unspecified atom stereocenters. The van der Waals surface area contributed by atoms with Crippen molar-refractivity contribution in [3.8, 4) is 0 Å². The van der Waals surface area contributed by atoms with Crippen LogP contribution in [0.3, 0.4) is 0 Å². The van der Waals surface area contributed by atoms with Crippen molar-refractivity contribution in [2.24, 2.45) is 0 Å². The van der Waals surface area contributed by atoms with E-state index in [1.807, 2.05) is 24.3 Å². The lowest BCUT2D eigenvalue weighted by Crippen LogP contribution is -2.27. The maximum Gasteiger partial charge on any atom is 0.171 e. The standard InChI is InChI=1S/C13H14N2OS2/c1-18-12-6-4-10(5-7-12)15-13(17)14-9-11-3-2-8-16-11/h2-8H,9H2,1H3,(H2,14,15,17). The minimum Gasteiger partial charge on any atom is -0.467 e. The molecule has 0 radical (unpaired) electrons. The van der Waals surface area contributed by atoms with Gasteiger partial charge in [0, 0.05) is 10.6 Å². The highest BCUT2D eigenvalue weighted by Gasteiger charge is 1.99. The van der Waals surface area contributed by atoms with Crippen molar-refractivity contribution in [1.82, 2.24) is 5.32 Å². The van der Waals surface area contributed by atoms with Crippen molar-refractivity contribution in [2.75, 3.05) is 11.6 Å². The van der Waals surface area contributed by atoms with Crippen LogP contribution in [0.5, 0.6) is 0 Å². The first-order valence-corrected chi connectivity index (χ1v) is 7.12. The van der Waals surface area contributed by atoms with Crippen LogP contribution in [0.15, 0.2) is 52.0 Å². The lowest BCUT2D eigenvalue weighted by Gasteiger charge is -2.09. The van der Waals surface area contributed by atoms with Gasteiger partial charge in [-0.1, -0.05) is 0 Å². The van der Waals surface area contributed by atoms with Crippen LogP contribution in [0.25, 0.3) is 0 Å². The van der Waals surface area contributed by atoms with Crippen LogP contribution in [0.4, 0.5) is 5.69 Å². The van der Waals surface area contributed by atoms with Gasteiger partial charge in [-0.15, -0.1) is 11.8 Å². The smallest absolute Gasteiger partial charge is 0.171 e. The molecule has 1 aromatic carbocycles. The molecule has 18 heavy (non-hydrogen) atoms. The summed E-state index contributed by atoms with van der Waals surface area (Å²) in [5.41, 5.74) is 0.977. The molecule has 0 aliphatic rings. The van der Waals surface area contributed by atoms with E-state index in [1.165, 1.54) is 4.90 Å². The summed E-state index contributed by atoms with van der Waals surface area (Å²) < 4.78 is 5.21. The zero-order valence-corrected chi connectivity index (χ0v) is 11.6. The Morgan fingerprint density at radius 2 is 2.06 bits per heavy atom. The van der Waals surface area contributed by atoms with Gasteiger partial charge < -0.3 is 15.1 Å². The largest absolute Gasteiger partial charge is 0.467 e. The molecule has 0 spiro atoms. The average Bonchev–Trinajstić information content (AvgIpc) is 2.90. The first-order chi connectivity index (χ1) is 8.78. The Morgan fingerprint density at radius 3 is 2.67 bits per heavy atom. The van der Waals surface area contributed by atoms with Crippen LogP contribution < -0.4 is 10.6 Å². The Labute approximate surface area is 116 Å². The van der Waals surface area contributed by atoms with E-state index < -0.39 is 0 Å². The Balaban J connectivity index is 1.83. The molecule has 3 nitrogen and oxygen atoms in total. The van der Waals surface area contributed by atoms with Gasteiger partial charge in [0.15, 0.2) is 5.11 Å². The lowest BCUT2D eigenvalue weighted by molar-refractivity contribution is 0.503. The van der Waals surface area contributed by atoms with Crippen molar-refractivity contribution in [2.45, 2.75) is 11.4 Å². The van der Waals surface area contributed by atoms with E-state index >= 15 is 0 Å². The van der Waals surface area contributed by atoms with Crippen LogP contribution >= 0.6 is 24.0 Å². The highest BCUT2D eigenvalue weighted by atomic mass is 32.2. The number of thioether (sulfide) groups is 1. The van der Waals surface area contributed by atoms with E-state index in [9.17, 15) is 0 Å². The zero-order chi connectivity index (χ0) is 12.8. The molecular formula is C13H14N2OS2. The summed E-state index contributed by atoms with van der Waals surface area (Å²) in [5.74, 6) is 0.858. The SMILES string of the molecule is CSc1ccc(NC(=S)NCc2ccco2)cc1. The molecule has 1 heterocycles. The minimum absolute atomic E-state index is 0.585. The molecule has 0 aliphatic carbocycles. The molecule has 0 atom stereocenters. The third-order valence-electron chi connectivity index (χ3n) is 2.35. The summed E-state index contributed by atoms with van der Waals surface area (Å²) in [6.07, 6.45) is 3.70. The van der Waals surface area contributed by atoms with Crippen LogP contribution in [-0.2, 0) is 6.54 Å². The second-order valence-electron chi connectivity index (χ2n) is 3.62. The van der Waals surface area contributed by atoms with Crippen molar-refractivity contribution in [1.29, 1.82) is 0 Å². The number of benzene rings is 1. The zero-order valence-electron chi connectivity index (χ0n) is 9.97. The van der Waals surface area contributed by atoms with E-state index in [1.54, 1.807) is 18.0 Å². The summed E-state index contributed by atoms with van der Waals surface area (Å²) in [5, 5.41) is 6.79. The van der Waals surface area contributed by atoms with Crippen molar-refractivity contribution >= 4 is 34.8 Å². The molecular weight excluding hydrogens is 264 g/mol. The van der Waals surface area contributed by atoms with Gasteiger partial charge in [0.2, 0.25) is 0 Å². The van der Waals surface area contributed by atoms with Gasteiger partial charge in [0.1, 0.15) is 5.76 Å². The first kappa shape index (κ1) is 13.0. The van der Waals surface area contributed by atoms with E-state index in [4.69, 9.17) is 16.6 Å². The summed E-state index contributed by atoms with van der Waals surface area (Å²) in [6, 6.07) is 11.9. The third-order valence-corrected chi connectivity index (χ3v) is 3.34. The molecule has 1 aromatic heterocycles. The van der Waals surface area contributed by atoms with Crippen molar-refractivity contribution < 1.29 is 4.42 Å². The fourth-order valence-corrected chi connectivity index (χ4v) is 2.03. The topological polar surface area (TPSA) is 37.2 Å². The van der Waals surface area contributed by atoms with E-state index in [2.05, 4.69) is 29.0 Å². The molecule has 0 saturated heterocycles. The van der Waals surface area contributed by atoms with Gasteiger partial charge in [0.05, 0.1) is 12.8 Å². The van der Waals surface area contributed by atoms with Gasteiger partial charge >= 0.3 is 0 Å². The number of furan rings is 1. The van der Waals surface area contributed by atoms with E-state index in [0.717, 1.165) is 11.4 Å². The predicted molar refractivity (Wildman–Crippen MR) is 80.0 cm³/mol. The molecule has 2 rings (SSSR count). The molecule has 94 valence electrons. The fourth-order valence-electron chi connectivity index (χ4n) is 1.43. The molecule has 0 amide bonds. The molecule has 0 aliphatic heterocycles. The highest BCUT2D eigenvalue weighted by molar-refractivity contribution is 7.98. The van der Waals surface area contributed by atoms with E-state index in [-0.39, 0.29) is 0 Å². The summed E-state index contributed by atoms with van der Waals surface area (Å²) in [7, 11) is 0. The highest BCUT2D eigenvalue weighted by Crippen LogP contribution is 2.17.